The number of ketones is 2. The van der Waals surface area contributed by atoms with Gasteiger partial charge in [0.2, 0.25) is 0 Å². The van der Waals surface area contributed by atoms with E-state index in [2.05, 4.69) is 0 Å². The third kappa shape index (κ3) is 7.97. The number of hydrogen-bond donors (Lipinski definition) is 3. The number of hydrogen-bond acceptors (Lipinski definition) is 6. The number of nitrogens with two attached hydrogens (primary N) is 2. The third-order valence-corrected chi connectivity index (χ3v) is 6.86. The van der Waals surface area contributed by atoms with Gasteiger partial charge >= 0.3 is 5.97 Å². The lowest BCUT2D eigenvalue weighted by Gasteiger charge is -2.22. The largest absolute Gasteiger partial charge is 0.480 e. The van der Waals surface area contributed by atoms with Gasteiger partial charge in [-0.1, -0.05) is 48.5 Å². The van der Waals surface area contributed by atoms with Crippen LogP contribution in [0.4, 0.5) is 5.69 Å². The van der Waals surface area contributed by atoms with Gasteiger partial charge in [0.25, 0.3) is 0 Å². The summed E-state index contributed by atoms with van der Waals surface area (Å²) in [5.41, 5.74) is 15.7. The van der Waals surface area contributed by atoms with Crippen LogP contribution >= 0.6 is 0 Å². The normalized spacial score (nSPS) is 19.5. The fraction of sp³-hybridized carbons (Fsp3) is 0.367. The number of Topliss-reactive ketones (excluding diaryl/α,β-unsaturated/α-hetero) is 1. The summed E-state index contributed by atoms with van der Waals surface area (Å²) in [6, 6.07) is 16.0. The Balaban J connectivity index is 1.72. The van der Waals surface area contributed by atoms with Crippen molar-refractivity contribution in [3.63, 3.8) is 0 Å². The number of allylic oxidation sites excluding steroid dienone is 3. The van der Waals surface area contributed by atoms with E-state index in [-0.39, 0.29) is 29.9 Å². The average Bonchev–Trinajstić information content (AvgIpc) is 2.89. The van der Waals surface area contributed by atoms with E-state index in [0.717, 1.165) is 23.2 Å². The van der Waals surface area contributed by atoms with Crippen LogP contribution in [0.3, 0.4) is 0 Å². The maximum atomic E-state index is 13.2. The number of carboxylic acids is 1. The summed E-state index contributed by atoms with van der Waals surface area (Å²) >= 11 is 0. The van der Waals surface area contributed by atoms with Crippen molar-refractivity contribution in [3.8, 4) is 0 Å². The molecule has 0 radical (unpaired) electrons. The fourth-order valence-corrected chi connectivity index (χ4v) is 4.65. The molecule has 1 fully saturated rings. The molecule has 2 aromatic rings. The molecule has 5 N–H and O–H groups in total. The summed E-state index contributed by atoms with van der Waals surface area (Å²) in [4.78, 5) is 39.6. The Morgan fingerprint density at radius 2 is 1.73 bits per heavy atom. The maximum Gasteiger partial charge on any atom is 0.320 e. The van der Waals surface area contributed by atoms with E-state index in [1.54, 1.807) is 6.08 Å². The highest BCUT2D eigenvalue weighted by molar-refractivity contribution is 6.15. The van der Waals surface area contributed by atoms with Crippen LogP contribution < -0.4 is 16.4 Å². The van der Waals surface area contributed by atoms with Gasteiger partial charge in [0.05, 0.1) is 5.92 Å². The van der Waals surface area contributed by atoms with Gasteiger partial charge < -0.3 is 21.5 Å². The zero-order valence-corrected chi connectivity index (χ0v) is 21.5. The van der Waals surface area contributed by atoms with Gasteiger partial charge in [-0.2, -0.15) is 0 Å². The van der Waals surface area contributed by atoms with Crippen molar-refractivity contribution < 1.29 is 19.5 Å². The van der Waals surface area contributed by atoms with Gasteiger partial charge in [0, 0.05) is 25.8 Å². The van der Waals surface area contributed by atoms with Crippen LogP contribution in [0, 0.1) is 11.8 Å². The first kappa shape index (κ1) is 28.0. The van der Waals surface area contributed by atoms with Gasteiger partial charge in [-0.25, -0.2) is 0 Å². The van der Waals surface area contributed by atoms with Crippen molar-refractivity contribution in [1.29, 1.82) is 0 Å². The number of carboxylic acid groups (broad SMARTS) is 1. The molecule has 1 saturated carbocycles. The summed E-state index contributed by atoms with van der Waals surface area (Å²) in [5.74, 6) is -2.56. The van der Waals surface area contributed by atoms with Crippen LogP contribution in [0.25, 0.3) is 6.08 Å². The van der Waals surface area contributed by atoms with E-state index in [4.69, 9.17) is 11.5 Å². The molecule has 2 aromatic carbocycles. The van der Waals surface area contributed by atoms with Crippen molar-refractivity contribution in [1.82, 2.24) is 0 Å². The van der Waals surface area contributed by atoms with Gasteiger partial charge in [0.1, 0.15) is 6.04 Å². The molecule has 0 aliphatic heterocycles. The molecule has 0 bridgehead atoms. The molecular formula is C30H37N3O4. The van der Waals surface area contributed by atoms with Crippen LogP contribution in [0.15, 0.2) is 72.3 Å². The average molecular weight is 504 g/mol. The molecule has 7 nitrogen and oxygen atoms in total. The smallest absolute Gasteiger partial charge is 0.320 e. The van der Waals surface area contributed by atoms with Crippen LogP contribution in [-0.4, -0.2) is 42.8 Å². The second-order valence-corrected chi connectivity index (χ2v) is 9.92. The van der Waals surface area contributed by atoms with Crippen molar-refractivity contribution in [2.24, 2.45) is 23.3 Å². The first-order chi connectivity index (χ1) is 17.7. The second-order valence-electron chi connectivity index (χ2n) is 9.92. The molecule has 1 aliphatic rings. The minimum atomic E-state index is -1.10. The number of carbonyl (C=O) groups excluding carboxylic acids is 2. The predicted molar refractivity (Wildman–Crippen MR) is 147 cm³/mol. The zero-order chi connectivity index (χ0) is 26.9. The van der Waals surface area contributed by atoms with Gasteiger partial charge in [0.15, 0.2) is 11.6 Å². The predicted octanol–water partition coefficient (Wildman–Crippen LogP) is 4.14. The van der Waals surface area contributed by atoms with Crippen LogP contribution in [0.1, 0.15) is 49.3 Å². The Morgan fingerprint density at radius 1 is 1.05 bits per heavy atom. The number of anilines is 1. The topological polar surface area (TPSA) is 127 Å². The monoisotopic (exact) mass is 503 g/mol. The molecule has 1 aliphatic carbocycles. The molecule has 196 valence electrons. The van der Waals surface area contributed by atoms with Gasteiger partial charge in [-0.15, -0.1) is 0 Å². The zero-order valence-electron chi connectivity index (χ0n) is 21.5. The fourth-order valence-electron chi connectivity index (χ4n) is 4.65. The lowest BCUT2D eigenvalue weighted by molar-refractivity contribution is -0.139. The summed E-state index contributed by atoms with van der Waals surface area (Å²) in [5, 5.41) is 9.29. The molecule has 0 aromatic heterocycles. The Kier molecular flexibility index (Phi) is 9.94. The number of aliphatic carboxylic acids is 1. The first-order valence-electron chi connectivity index (χ1n) is 12.7. The molecular weight excluding hydrogens is 466 g/mol. The molecule has 4 unspecified atom stereocenters. The van der Waals surface area contributed by atoms with Crippen molar-refractivity contribution in [2.75, 3.05) is 19.0 Å². The number of carbonyl (C=O) groups is 3. The van der Waals surface area contributed by atoms with Crippen LogP contribution in [0.5, 0.6) is 0 Å². The Labute approximate surface area is 218 Å². The lowest BCUT2D eigenvalue weighted by atomic mass is 9.80. The molecule has 0 spiro atoms. The Morgan fingerprint density at radius 3 is 2.35 bits per heavy atom. The molecule has 37 heavy (non-hydrogen) atoms. The Hall–Kier alpha value is -3.55. The molecule has 0 saturated heterocycles. The molecule has 4 atom stereocenters. The highest BCUT2D eigenvalue weighted by Crippen LogP contribution is 2.29. The lowest BCUT2D eigenvalue weighted by Crippen LogP contribution is -2.33. The van der Waals surface area contributed by atoms with E-state index in [0.29, 0.717) is 24.8 Å². The van der Waals surface area contributed by atoms with Crippen molar-refractivity contribution in [3.05, 3.63) is 83.4 Å². The molecule has 0 amide bonds. The third-order valence-electron chi connectivity index (χ3n) is 6.86. The van der Waals surface area contributed by atoms with E-state index in [1.807, 2.05) is 79.7 Å². The van der Waals surface area contributed by atoms with Crippen molar-refractivity contribution in [2.45, 2.75) is 44.2 Å². The molecule has 0 heterocycles. The summed E-state index contributed by atoms with van der Waals surface area (Å²) in [6.07, 6.45) is 7.45. The summed E-state index contributed by atoms with van der Waals surface area (Å²) < 4.78 is 0. The second kappa shape index (κ2) is 13.1. The molecule has 3 rings (SSSR count). The van der Waals surface area contributed by atoms with E-state index in [9.17, 15) is 19.5 Å². The van der Waals surface area contributed by atoms with Gasteiger partial charge in [-0.3, -0.25) is 14.4 Å². The number of benzene rings is 2. The standard InChI is InChI=1S/C30H37N3O4/c1-33(2)24-14-11-20(12-15-24)17-23-9-6-10-25(29(23)35)28(34)16-13-21(19-27(32)30(36)37)18-26(31)22-7-4-3-5-8-22/h3-5,7-8,11-17,21,25-27H,6,9-10,18-19,31-32H2,1-2H3,(H,36,37)/b16-13+,23-17+. The Bertz CT molecular complexity index is 1140. The van der Waals surface area contributed by atoms with Crippen molar-refractivity contribution >= 4 is 29.3 Å². The molecule has 7 heteroatoms. The minimum Gasteiger partial charge on any atom is -0.480 e. The van der Waals surface area contributed by atoms with Gasteiger partial charge in [-0.05, 0) is 79.0 Å². The number of nitrogens with zero attached hydrogens (tertiary/aromatic N) is 1. The highest BCUT2D eigenvalue weighted by Gasteiger charge is 2.31. The van der Waals surface area contributed by atoms with Crippen LogP contribution in [0.2, 0.25) is 0 Å². The van der Waals surface area contributed by atoms with E-state index >= 15 is 0 Å². The van der Waals surface area contributed by atoms with E-state index in [1.165, 1.54) is 6.08 Å². The SMILES string of the molecule is CN(C)c1ccc(/C=C2\CCCC(C(=O)/C=C/C(CC(N)C(=O)O)CC(N)c3ccccc3)C2=O)cc1. The summed E-state index contributed by atoms with van der Waals surface area (Å²) in [7, 11) is 3.94. The highest BCUT2D eigenvalue weighted by atomic mass is 16.4. The summed E-state index contributed by atoms with van der Waals surface area (Å²) in [6.45, 7) is 0. The quantitative estimate of drug-likeness (QED) is 0.311. The van der Waals surface area contributed by atoms with E-state index < -0.39 is 17.9 Å². The minimum absolute atomic E-state index is 0.141. The maximum absolute atomic E-state index is 13.2. The first-order valence-corrected chi connectivity index (χ1v) is 12.7. The van der Waals surface area contributed by atoms with Crippen LogP contribution in [-0.2, 0) is 14.4 Å². The number of rotatable bonds is 11.